The standard InChI is InChI=1S/C57H56N6O9/c1-30(2)18-20-38-46(70-55(65)40(58)22-32-27-61-43-15-9-6-12-35(32)43)25-48-51(54(38)72-57(67)42(60)24-34-29-63-45-17-11-8-14-37(34)45)52(64)50-39(21-19-31(3)4)53(68-5)49(26-47(50)69-48)71-56(66)41(59)23-33-28-62-44-16-10-7-13-36(33)44/h6-19,25-29,40-42,61-63H,20-24,58-60H2,1-5H3/t40-,41-,42-/m1/s1. The van der Waals surface area contributed by atoms with Crippen LogP contribution in [0.3, 0.4) is 0 Å². The molecule has 15 heteroatoms. The predicted octanol–water partition coefficient (Wildman–Crippen LogP) is 8.84. The van der Waals surface area contributed by atoms with Crippen LogP contribution in [-0.4, -0.2) is 58.1 Å². The van der Waals surface area contributed by atoms with Gasteiger partial charge in [-0.2, -0.15) is 0 Å². The van der Waals surface area contributed by atoms with Gasteiger partial charge in [0.05, 0.1) is 12.5 Å². The molecule has 9 N–H and O–H groups in total. The van der Waals surface area contributed by atoms with Crippen LogP contribution in [0.25, 0.3) is 54.6 Å². The molecule has 0 fully saturated rings. The molecule has 9 rings (SSSR count). The largest absolute Gasteiger partial charge is 0.493 e. The number of rotatable bonds is 17. The normalized spacial score (nSPS) is 12.8. The number of carbonyl (C=O) groups excluding carboxylic acids is 3. The number of para-hydroxylation sites is 3. The lowest BCUT2D eigenvalue weighted by Crippen LogP contribution is -2.37. The number of ether oxygens (including phenoxy) is 4. The summed E-state index contributed by atoms with van der Waals surface area (Å²) in [5.74, 6) is -2.63. The van der Waals surface area contributed by atoms with E-state index < -0.39 is 41.5 Å². The lowest BCUT2D eigenvalue weighted by molar-refractivity contribution is -0.136. The maximum atomic E-state index is 15.5. The molecular weight excluding hydrogens is 913 g/mol. The minimum atomic E-state index is -1.20. The molecule has 72 heavy (non-hydrogen) atoms. The second-order valence-corrected chi connectivity index (χ2v) is 18.5. The van der Waals surface area contributed by atoms with Gasteiger partial charge in [-0.1, -0.05) is 77.9 Å². The van der Waals surface area contributed by atoms with Gasteiger partial charge in [-0.25, -0.2) is 14.4 Å². The first kappa shape index (κ1) is 48.8. The number of esters is 3. The number of carbonyl (C=O) groups is 3. The molecule has 0 spiro atoms. The number of hydrogen-bond acceptors (Lipinski definition) is 12. The highest BCUT2D eigenvalue weighted by molar-refractivity contribution is 6.00. The Morgan fingerprint density at radius 3 is 1.42 bits per heavy atom. The van der Waals surface area contributed by atoms with Crippen molar-refractivity contribution in [1.82, 2.24) is 15.0 Å². The van der Waals surface area contributed by atoms with E-state index in [2.05, 4.69) is 15.0 Å². The molecule has 0 aliphatic rings. The Kier molecular flexibility index (Phi) is 14.0. The van der Waals surface area contributed by atoms with Crippen molar-refractivity contribution in [2.45, 2.75) is 77.9 Å². The van der Waals surface area contributed by atoms with Gasteiger partial charge in [0, 0.05) is 93.8 Å². The molecule has 0 saturated heterocycles. The minimum Gasteiger partial charge on any atom is -0.493 e. The van der Waals surface area contributed by atoms with Crippen LogP contribution in [0.1, 0.15) is 55.5 Å². The van der Waals surface area contributed by atoms with E-state index in [4.69, 9.17) is 40.6 Å². The average molecular weight is 969 g/mol. The van der Waals surface area contributed by atoms with Gasteiger partial charge < -0.3 is 55.5 Å². The molecule has 0 unspecified atom stereocenters. The summed E-state index contributed by atoms with van der Waals surface area (Å²) in [6, 6.07) is 22.4. The van der Waals surface area contributed by atoms with Gasteiger partial charge in [0.25, 0.3) is 0 Å². The minimum absolute atomic E-state index is 0.00266. The van der Waals surface area contributed by atoms with Crippen molar-refractivity contribution >= 4 is 72.6 Å². The highest BCUT2D eigenvalue weighted by atomic mass is 16.6. The third-order valence-electron chi connectivity index (χ3n) is 12.8. The van der Waals surface area contributed by atoms with Crippen LogP contribution in [0, 0.1) is 0 Å². The number of methoxy groups -OCH3 is 1. The van der Waals surface area contributed by atoms with Crippen LogP contribution in [-0.2, 0) is 46.5 Å². The Labute approximate surface area is 413 Å². The summed E-state index contributed by atoms with van der Waals surface area (Å²) in [6.07, 6.45) is 9.73. The predicted molar refractivity (Wildman–Crippen MR) is 280 cm³/mol. The maximum absolute atomic E-state index is 15.5. The molecule has 9 aromatic rings. The van der Waals surface area contributed by atoms with Gasteiger partial charge in [0.2, 0.25) is 5.43 Å². The number of fused-ring (bicyclic) bond motifs is 5. The Bertz CT molecular complexity index is 3680. The first-order chi connectivity index (χ1) is 34.7. The number of benzene rings is 5. The fraction of sp³-hybridized carbons (Fsp3) is 0.228. The first-order valence-electron chi connectivity index (χ1n) is 23.7. The summed E-state index contributed by atoms with van der Waals surface area (Å²) < 4.78 is 31.1. The van der Waals surface area contributed by atoms with Crippen LogP contribution < -0.4 is 41.6 Å². The molecule has 0 radical (unpaired) electrons. The average Bonchev–Trinajstić information content (AvgIpc) is 4.09. The van der Waals surface area contributed by atoms with E-state index in [-0.39, 0.29) is 82.6 Å². The van der Waals surface area contributed by atoms with Crippen molar-refractivity contribution in [3.05, 3.63) is 165 Å². The van der Waals surface area contributed by atoms with E-state index >= 15 is 4.79 Å². The van der Waals surface area contributed by atoms with Crippen molar-refractivity contribution < 1.29 is 37.7 Å². The van der Waals surface area contributed by atoms with Crippen molar-refractivity contribution in [3.63, 3.8) is 0 Å². The van der Waals surface area contributed by atoms with E-state index in [0.29, 0.717) is 5.56 Å². The summed E-state index contributed by atoms with van der Waals surface area (Å²) in [7, 11) is 1.41. The lowest BCUT2D eigenvalue weighted by atomic mass is 9.98. The van der Waals surface area contributed by atoms with Gasteiger partial charge in [-0.3, -0.25) is 4.79 Å². The third-order valence-corrected chi connectivity index (χ3v) is 12.8. The quantitative estimate of drug-likeness (QED) is 0.0217. The Morgan fingerprint density at radius 2 is 0.958 bits per heavy atom. The van der Waals surface area contributed by atoms with E-state index in [1.54, 1.807) is 12.4 Å². The molecule has 3 atom stereocenters. The summed E-state index contributed by atoms with van der Waals surface area (Å²) in [5.41, 5.74) is 26.4. The summed E-state index contributed by atoms with van der Waals surface area (Å²) in [4.78, 5) is 67.5. The van der Waals surface area contributed by atoms with Crippen molar-refractivity contribution in [2.75, 3.05) is 7.11 Å². The van der Waals surface area contributed by atoms with Gasteiger partial charge in [-0.05, 0) is 75.4 Å². The first-order valence-corrected chi connectivity index (χ1v) is 23.7. The van der Waals surface area contributed by atoms with Gasteiger partial charge in [0.15, 0.2) is 17.2 Å². The van der Waals surface area contributed by atoms with Gasteiger partial charge in [0.1, 0.15) is 40.4 Å². The summed E-state index contributed by atoms with van der Waals surface area (Å²) >= 11 is 0. The number of aromatic nitrogens is 3. The van der Waals surface area contributed by atoms with Crippen LogP contribution >= 0.6 is 0 Å². The lowest BCUT2D eigenvalue weighted by Gasteiger charge is -2.20. The van der Waals surface area contributed by atoms with E-state index in [1.807, 2.05) is 119 Å². The molecule has 0 aliphatic carbocycles. The molecular formula is C57H56N6O9. The summed E-state index contributed by atoms with van der Waals surface area (Å²) in [6.45, 7) is 7.58. The van der Waals surface area contributed by atoms with Crippen LogP contribution in [0.15, 0.2) is 136 Å². The summed E-state index contributed by atoms with van der Waals surface area (Å²) in [5, 5.41) is 2.66. The van der Waals surface area contributed by atoms with Crippen LogP contribution in [0.5, 0.6) is 23.0 Å². The number of nitrogens with two attached hydrogens (primary N) is 3. The van der Waals surface area contributed by atoms with Gasteiger partial charge in [-0.15, -0.1) is 0 Å². The zero-order valence-electron chi connectivity index (χ0n) is 40.6. The second kappa shape index (κ2) is 20.6. The molecule has 15 nitrogen and oxygen atoms in total. The van der Waals surface area contributed by atoms with Crippen LogP contribution in [0.2, 0.25) is 0 Å². The topological polar surface area (TPSA) is 244 Å². The van der Waals surface area contributed by atoms with Crippen LogP contribution in [0.4, 0.5) is 0 Å². The number of allylic oxidation sites excluding steroid dienone is 4. The number of aromatic amines is 3. The third kappa shape index (κ3) is 9.90. The Hall–Kier alpha value is -8.24. The maximum Gasteiger partial charge on any atom is 0.328 e. The fourth-order valence-electron chi connectivity index (χ4n) is 9.10. The smallest absolute Gasteiger partial charge is 0.328 e. The number of H-pyrrole nitrogens is 3. The SMILES string of the molecule is COc1c(OC(=O)[C@H](N)Cc2c[nH]c3ccccc23)cc2oc3cc(OC(=O)[C@H](N)Cc4c[nH]c5ccccc45)c(CC=C(C)C)c(OC(=O)[C@H](N)Cc4c[nH]c5ccccc45)c3c(=O)c2c1CC=C(C)C. The van der Waals surface area contributed by atoms with E-state index in [1.165, 1.54) is 19.2 Å². The zero-order valence-corrected chi connectivity index (χ0v) is 40.6. The molecule has 4 aromatic heterocycles. The number of hydrogen-bond donors (Lipinski definition) is 6. The van der Waals surface area contributed by atoms with E-state index in [9.17, 15) is 14.4 Å². The molecule has 0 amide bonds. The van der Waals surface area contributed by atoms with Crippen molar-refractivity contribution in [1.29, 1.82) is 0 Å². The molecule has 0 saturated carbocycles. The Morgan fingerprint density at radius 1 is 0.556 bits per heavy atom. The highest BCUT2D eigenvalue weighted by Gasteiger charge is 2.31. The van der Waals surface area contributed by atoms with Gasteiger partial charge >= 0.3 is 17.9 Å². The molecule has 0 bridgehead atoms. The number of nitrogens with one attached hydrogen (secondary N) is 3. The highest BCUT2D eigenvalue weighted by Crippen LogP contribution is 2.43. The molecule has 4 heterocycles. The Balaban J connectivity index is 1.18. The van der Waals surface area contributed by atoms with Crippen molar-refractivity contribution in [2.24, 2.45) is 17.2 Å². The zero-order chi connectivity index (χ0) is 50.8. The molecule has 0 aliphatic heterocycles. The van der Waals surface area contributed by atoms with Crippen molar-refractivity contribution in [3.8, 4) is 23.0 Å². The van der Waals surface area contributed by atoms with E-state index in [0.717, 1.165) is 60.5 Å². The fourth-order valence-corrected chi connectivity index (χ4v) is 9.10. The second-order valence-electron chi connectivity index (χ2n) is 18.5. The molecule has 368 valence electrons. The monoisotopic (exact) mass is 968 g/mol. The molecule has 5 aromatic carbocycles.